The number of nitrogens with zero attached hydrogens (tertiary/aromatic N) is 3. The van der Waals surface area contributed by atoms with Crippen LogP contribution in [0, 0.1) is 25.5 Å². The van der Waals surface area contributed by atoms with Crippen molar-refractivity contribution < 1.29 is 18.5 Å². The van der Waals surface area contributed by atoms with Crippen LogP contribution in [0.15, 0.2) is 47.5 Å². The van der Waals surface area contributed by atoms with E-state index >= 15 is 0 Å². The van der Waals surface area contributed by atoms with Gasteiger partial charge in [-0.3, -0.25) is 0 Å². The van der Waals surface area contributed by atoms with Gasteiger partial charge in [0.1, 0.15) is 6.54 Å². The van der Waals surface area contributed by atoms with Crippen LogP contribution in [0.2, 0.25) is 0 Å². The van der Waals surface area contributed by atoms with Crippen molar-refractivity contribution in [2.75, 3.05) is 0 Å². The van der Waals surface area contributed by atoms with Crippen LogP contribution in [-0.2, 0) is 6.54 Å². The molecule has 0 saturated carbocycles. The van der Waals surface area contributed by atoms with Gasteiger partial charge in [-0.25, -0.2) is 18.6 Å². The number of aromatic nitrogens is 3. The third-order valence-corrected chi connectivity index (χ3v) is 5.43. The molecule has 28 heavy (non-hydrogen) atoms. The van der Waals surface area contributed by atoms with Crippen molar-refractivity contribution >= 4 is 17.0 Å². The van der Waals surface area contributed by atoms with Gasteiger partial charge in [0.25, 0.3) is 11.5 Å². The topological polar surface area (TPSA) is 58.5 Å². The zero-order valence-electron chi connectivity index (χ0n) is 15.1. The Morgan fingerprint density at radius 3 is 2.71 bits per heavy atom. The molecule has 0 aliphatic heterocycles. The molecule has 1 N–H and O–H groups in total. The van der Waals surface area contributed by atoms with E-state index in [2.05, 4.69) is 4.98 Å². The van der Waals surface area contributed by atoms with E-state index in [9.17, 15) is 18.7 Å². The van der Waals surface area contributed by atoms with Crippen LogP contribution in [-0.4, -0.2) is 14.5 Å². The lowest BCUT2D eigenvalue weighted by Crippen LogP contribution is -2.41. The van der Waals surface area contributed by atoms with Gasteiger partial charge in [0.05, 0.1) is 16.1 Å². The fourth-order valence-electron chi connectivity index (χ4n) is 3.28. The van der Waals surface area contributed by atoms with Gasteiger partial charge in [-0.05, 0) is 32.0 Å². The molecule has 5 nitrogen and oxygen atoms in total. The van der Waals surface area contributed by atoms with Crippen molar-refractivity contribution in [2.24, 2.45) is 0 Å². The summed E-state index contributed by atoms with van der Waals surface area (Å²) < 4.78 is 31.1. The molecule has 4 aromatic rings. The van der Waals surface area contributed by atoms with E-state index < -0.39 is 23.1 Å². The van der Waals surface area contributed by atoms with Crippen LogP contribution in [0.25, 0.3) is 16.8 Å². The molecule has 0 saturated heterocycles. The second kappa shape index (κ2) is 6.79. The highest BCUT2D eigenvalue weighted by molar-refractivity contribution is 7.11. The number of rotatable bonds is 3. The second-order valence-corrected chi connectivity index (χ2v) is 7.74. The Hall–Kier alpha value is -3.13. The Labute approximate surface area is 162 Å². The lowest BCUT2D eigenvalue weighted by Gasteiger charge is -2.11. The molecule has 0 radical (unpaired) electrons. The average molecular weight is 400 g/mol. The van der Waals surface area contributed by atoms with Crippen molar-refractivity contribution in [1.29, 1.82) is 0 Å². The number of benzene rings is 1. The van der Waals surface area contributed by atoms with Crippen LogP contribution < -0.4 is 10.1 Å². The highest BCUT2D eigenvalue weighted by Gasteiger charge is 2.29. The maximum absolute atomic E-state index is 14.4. The lowest BCUT2D eigenvalue weighted by atomic mass is 10.1. The first kappa shape index (κ1) is 18.2. The van der Waals surface area contributed by atoms with Crippen LogP contribution in [0.3, 0.4) is 0 Å². The molecule has 142 valence electrons. The number of thiazole rings is 1. The van der Waals surface area contributed by atoms with Gasteiger partial charge < -0.3 is 5.11 Å². The Kier molecular flexibility index (Phi) is 4.43. The van der Waals surface area contributed by atoms with Gasteiger partial charge in [0.2, 0.25) is 0 Å². The summed E-state index contributed by atoms with van der Waals surface area (Å²) in [5, 5.41) is 11.8. The Bertz CT molecular complexity index is 1280. The summed E-state index contributed by atoms with van der Waals surface area (Å²) in [4.78, 5) is 18.1. The Balaban J connectivity index is 2.10. The zero-order chi connectivity index (χ0) is 20.0. The number of hydrogen-bond donors (Lipinski definition) is 1. The quantitative estimate of drug-likeness (QED) is 0.537. The normalized spacial score (nSPS) is 11.3. The third kappa shape index (κ3) is 2.86. The van der Waals surface area contributed by atoms with E-state index in [4.69, 9.17) is 0 Å². The van der Waals surface area contributed by atoms with Gasteiger partial charge in [-0.15, -0.1) is 11.3 Å². The van der Waals surface area contributed by atoms with Crippen LogP contribution in [0.1, 0.15) is 15.4 Å². The van der Waals surface area contributed by atoms with E-state index in [-0.39, 0.29) is 17.7 Å². The van der Waals surface area contributed by atoms with Crippen molar-refractivity contribution in [3.8, 4) is 17.0 Å². The minimum Gasteiger partial charge on any atom is -0.477 e. The first-order valence-electron chi connectivity index (χ1n) is 8.51. The minimum atomic E-state index is -1.18. The predicted molar refractivity (Wildman–Crippen MR) is 102 cm³/mol. The smallest absolute Gasteiger partial charge is 0.354 e. The van der Waals surface area contributed by atoms with E-state index in [0.29, 0.717) is 5.65 Å². The van der Waals surface area contributed by atoms with E-state index in [1.165, 1.54) is 32.4 Å². The molecule has 3 heterocycles. The van der Waals surface area contributed by atoms with Crippen molar-refractivity contribution in [3.05, 3.63) is 80.2 Å². The van der Waals surface area contributed by atoms with Crippen molar-refractivity contribution in [1.82, 2.24) is 9.38 Å². The second-order valence-electron chi connectivity index (χ2n) is 6.42. The number of aromatic hydroxyl groups is 1. The summed E-state index contributed by atoms with van der Waals surface area (Å²) in [5.41, 5.74) is 0.0189. The molecule has 4 rings (SSSR count). The van der Waals surface area contributed by atoms with Gasteiger partial charge in [0.15, 0.2) is 17.2 Å². The molecule has 0 spiro atoms. The Morgan fingerprint density at radius 2 is 2.00 bits per heavy atom. The van der Waals surface area contributed by atoms with Gasteiger partial charge in [0, 0.05) is 17.3 Å². The van der Waals surface area contributed by atoms with Crippen molar-refractivity contribution in [3.63, 3.8) is 0 Å². The number of fused-ring (bicyclic) bond motifs is 1. The summed E-state index contributed by atoms with van der Waals surface area (Å²) in [7, 11) is 0. The minimum absolute atomic E-state index is 0.232. The van der Waals surface area contributed by atoms with Gasteiger partial charge >= 0.3 is 5.56 Å². The van der Waals surface area contributed by atoms with Gasteiger partial charge in [-0.2, -0.15) is 8.97 Å². The number of pyridine rings is 1. The molecule has 0 fully saturated rings. The number of hydrogen-bond acceptors (Lipinski definition) is 4. The standard InChI is InChI=1S/C20H15F2N3O2S/c1-11-5-4-8-24-18(11)25(10-13-9-23-12(2)28-13)20(27)16(19(24)26)14-6-3-7-15(21)17(14)22/h3-9H,10H2,1-2H3/p+1. The van der Waals surface area contributed by atoms with E-state index in [1.807, 2.05) is 19.9 Å². The number of halogens is 2. The van der Waals surface area contributed by atoms with Crippen LogP contribution >= 0.6 is 11.3 Å². The molecule has 0 aliphatic carbocycles. The summed E-state index contributed by atoms with van der Waals surface area (Å²) in [6.45, 7) is 3.91. The monoisotopic (exact) mass is 400 g/mol. The molecule has 3 aromatic heterocycles. The summed E-state index contributed by atoms with van der Waals surface area (Å²) in [6.07, 6.45) is 3.23. The van der Waals surface area contributed by atoms with E-state index in [1.54, 1.807) is 18.5 Å². The maximum Gasteiger partial charge on any atom is 0.354 e. The highest BCUT2D eigenvalue weighted by atomic mass is 32.1. The molecule has 0 bridgehead atoms. The molecule has 0 atom stereocenters. The first-order valence-corrected chi connectivity index (χ1v) is 9.32. The number of aryl methyl sites for hydroxylation is 2. The summed E-state index contributed by atoms with van der Waals surface area (Å²) in [6, 6.07) is 7.04. The summed E-state index contributed by atoms with van der Waals surface area (Å²) in [5.74, 6) is -2.69. The summed E-state index contributed by atoms with van der Waals surface area (Å²) >= 11 is 1.45. The zero-order valence-corrected chi connectivity index (χ0v) is 15.9. The van der Waals surface area contributed by atoms with E-state index in [0.717, 1.165) is 21.5 Å². The molecule has 0 amide bonds. The maximum atomic E-state index is 14.4. The Morgan fingerprint density at radius 1 is 1.21 bits per heavy atom. The fraction of sp³-hybridized carbons (Fsp3) is 0.150. The SMILES string of the molecule is Cc1ncc(C[n+]2c(O)c(-c3cccc(F)c3F)c(=O)n3cccc(C)c32)s1. The third-order valence-electron chi connectivity index (χ3n) is 4.53. The predicted octanol–water partition coefficient (Wildman–Crippen LogP) is 3.36. The fourth-order valence-corrected chi connectivity index (χ4v) is 4.07. The van der Waals surface area contributed by atoms with Crippen LogP contribution in [0.5, 0.6) is 5.88 Å². The highest BCUT2D eigenvalue weighted by Crippen LogP contribution is 2.28. The van der Waals surface area contributed by atoms with Crippen molar-refractivity contribution in [2.45, 2.75) is 20.4 Å². The largest absolute Gasteiger partial charge is 0.477 e. The molecular formula is C20H16F2N3O2S+. The first-order chi connectivity index (χ1) is 13.4. The lowest BCUT2D eigenvalue weighted by molar-refractivity contribution is -0.671. The molecular weight excluding hydrogens is 384 g/mol. The molecule has 0 aliphatic rings. The average Bonchev–Trinajstić information content (AvgIpc) is 3.07. The van der Waals surface area contributed by atoms with Gasteiger partial charge in [-0.1, -0.05) is 12.1 Å². The van der Waals surface area contributed by atoms with Crippen LogP contribution in [0.4, 0.5) is 8.78 Å². The molecule has 1 aromatic carbocycles. The molecule has 8 heteroatoms. The molecule has 0 unspecified atom stereocenters.